The predicted octanol–water partition coefficient (Wildman–Crippen LogP) is 3.26. The molecule has 0 spiro atoms. The number of carbonyl (C=O) groups is 1. The molecule has 2 aromatic carbocycles. The van der Waals surface area contributed by atoms with Gasteiger partial charge in [-0.1, -0.05) is 42.5 Å². The van der Waals surface area contributed by atoms with E-state index in [2.05, 4.69) is 34.5 Å². The lowest BCUT2D eigenvalue weighted by atomic mass is 10.2. The van der Waals surface area contributed by atoms with Crippen molar-refractivity contribution in [3.8, 4) is 11.5 Å². The zero-order valence-corrected chi connectivity index (χ0v) is 15.3. The summed E-state index contributed by atoms with van der Waals surface area (Å²) in [6.45, 7) is 2.06. The molecule has 0 aromatic heterocycles. The molecule has 1 heterocycles. The summed E-state index contributed by atoms with van der Waals surface area (Å²) in [4.78, 5) is 14.4. The topological polar surface area (TPSA) is 50.8 Å². The smallest absolute Gasteiger partial charge is 0.239 e. The summed E-state index contributed by atoms with van der Waals surface area (Å²) in [6.07, 6.45) is 6.33. The van der Waals surface area contributed by atoms with Crippen LogP contribution in [-0.2, 0) is 4.79 Å². The van der Waals surface area contributed by atoms with Gasteiger partial charge in [-0.3, -0.25) is 4.79 Å². The molecule has 0 saturated heterocycles. The van der Waals surface area contributed by atoms with Gasteiger partial charge in [0.25, 0.3) is 0 Å². The van der Waals surface area contributed by atoms with Crippen LogP contribution in [0.1, 0.15) is 18.4 Å². The van der Waals surface area contributed by atoms with Crippen molar-refractivity contribution >= 4 is 17.7 Å². The Kier molecular flexibility index (Phi) is 5.28. The molecule has 4 rings (SSSR count). The van der Waals surface area contributed by atoms with Crippen molar-refractivity contribution in [2.75, 3.05) is 31.2 Å². The number of nitrogens with one attached hydrogen (secondary N) is 1. The van der Waals surface area contributed by atoms with Crippen molar-refractivity contribution < 1.29 is 14.3 Å². The highest BCUT2D eigenvalue weighted by molar-refractivity contribution is 5.82. The van der Waals surface area contributed by atoms with E-state index >= 15 is 0 Å². The normalized spacial score (nSPS) is 15.6. The molecule has 1 saturated carbocycles. The average Bonchev–Trinajstić information content (AvgIpc) is 3.51. The van der Waals surface area contributed by atoms with E-state index in [1.54, 1.807) is 0 Å². The van der Waals surface area contributed by atoms with Crippen LogP contribution in [0.4, 0.5) is 5.69 Å². The van der Waals surface area contributed by atoms with Gasteiger partial charge in [-0.2, -0.15) is 0 Å². The molecule has 2 aliphatic rings. The van der Waals surface area contributed by atoms with Crippen LogP contribution in [0.25, 0.3) is 6.08 Å². The SMILES string of the molecule is O=C(CN(C/C=C/c1ccccc1)c1ccc2c(c1)OCCO2)NC1CC1. The summed E-state index contributed by atoms with van der Waals surface area (Å²) in [7, 11) is 0. The summed E-state index contributed by atoms with van der Waals surface area (Å²) in [5.41, 5.74) is 2.09. The van der Waals surface area contributed by atoms with Gasteiger partial charge < -0.3 is 19.7 Å². The fraction of sp³-hybridized carbons (Fsp3) is 0.318. The van der Waals surface area contributed by atoms with Crippen molar-refractivity contribution in [2.45, 2.75) is 18.9 Å². The van der Waals surface area contributed by atoms with Gasteiger partial charge in [0.1, 0.15) is 13.2 Å². The van der Waals surface area contributed by atoms with Crippen LogP contribution >= 0.6 is 0 Å². The van der Waals surface area contributed by atoms with E-state index in [0.29, 0.717) is 32.3 Å². The molecule has 0 unspecified atom stereocenters. The minimum absolute atomic E-state index is 0.0560. The first-order valence-corrected chi connectivity index (χ1v) is 9.43. The third-order valence-electron chi connectivity index (χ3n) is 4.60. The minimum Gasteiger partial charge on any atom is -0.486 e. The summed E-state index contributed by atoms with van der Waals surface area (Å²) in [5, 5.41) is 3.06. The van der Waals surface area contributed by atoms with Crippen molar-refractivity contribution in [3.63, 3.8) is 0 Å². The molecule has 5 heteroatoms. The first kappa shape index (κ1) is 17.5. The second-order valence-electron chi connectivity index (χ2n) is 6.86. The van der Waals surface area contributed by atoms with E-state index < -0.39 is 0 Å². The molecule has 1 N–H and O–H groups in total. The van der Waals surface area contributed by atoms with Gasteiger partial charge in [0.2, 0.25) is 5.91 Å². The Morgan fingerprint density at radius 2 is 1.85 bits per heavy atom. The van der Waals surface area contributed by atoms with E-state index in [4.69, 9.17) is 9.47 Å². The van der Waals surface area contributed by atoms with Gasteiger partial charge in [-0.15, -0.1) is 0 Å². The molecule has 5 nitrogen and oxygen atoms in total. The van der Waals surface area contributed by atoms with Crippen molar-refractivity contribution in [1.82, 2.24) is 5.32 Å². The third kappa shape index (κ3) is 4.82. The molecule has 0 radical (unpaired) electrons. The maximum atomic E-state index is 12.4. The number of rotatable bonds is 7. The van der Waals surface area contributed by atoms with E-state index in [0.717, 1.165) is 35.6 Å². The number of hydrogen-bond acceptors (Lipinski definition) is 4. The number of fused-ring (bicyclic) bond motifs is 1. The number of benzene rings is 2. The third-order valence-corrected chi connectivity index (χ3v) is 4.60. The van der Waals surface area contributed by atoms with Crippen molar-refractivity contribution in [1.29, 1.82) is 0 Å². The molecule has 2 aromatic rings. The maximum absolute atomic E-state index is 12.4. The fourth-order valence-electron chi connectivity index (χ4n) is 3.04. The van der Waals surface area contributed by atoms with Crippen LogP contribution in [0.15, 0.2) is 54.6 Å². The predicted molar refractivity (Wildman–Crippen MR) is 106 cm³/mol. The molecular weight excluding hydrogens is 340 g/mol. The first-order valence-electron chi connectivity index (χ1n) is 9.43. The highest BCUT2D eigenvalue weighted by atomic mass is 16.6. The number of ether oxygens (including phenoxy) is 2. The van der Waals surface area contributed by atoms with Crippen LogP contribution in [-0.4, -0.2) is 38.3 Å². The van der Waals surface area contributed by atoms with Gasteiger partial charge in [-0.05, 0) is 30.5 Å². The molecule has 27 heavy (non-hydrogen) atoms. The van der Waals surface area contributed by atoms with E-state index in [1.807, 2.05) is 36.4 Å². The highest BCUT2D eigenvalue weighted by Crippen LogP contribution is 2.34. The van der Waals surface area contributed by atoms with Crippen LogP contribution in [0, 0.1) is 0 Å². The Morgan fingerprint density at radius 1 is 1.07 bits per heavy atom. The zero-order chi connectivity index (χ0) is 18.5. The van der Waals surface area contributed by atoms with Gasteiger partial charge >= 0.3 is 0 Å². The summed E-state index contributed by atoms with van der Waals surface area (Å²) >= 11 is 0. The van der Waals surface area contributed by atoms with Crippen LogP contribution in [0.5, 0.6) is 11.5 Å². The van der Waals surface area contributed by atoms with E-state index in [-0.39, 0.29) is 5.91 Å². The number of amides is 1. The standard InChI is InChI=1S/C22H24N2O3/c25-22(23-18-8-9-18)16-24(12-4-7-17-5-2-1-3-6-17)19-10-11-20-21(15-19)27-14-13-26-20/h1-7,10-11,15,18H,8-9,12-14,16H2,(H,23,25)/b7-4+. The Bertz CT molecular complexity index is 816. The Labute approximate surface area is 159 Å². The van der Waals surface area contributed by atoms with Crippen LogP contribution < -0.4 is 19.7 Å². The number of carbonyl (C=O) groups excluding carboxylic acids is 1. The summed E-state index contributed by atoms with van der Waals surface area (Å²) in [6, 6.07) is 16.4. The molecule has 140 valence electrons. The molecule has 0 bridgehead atoms. The van der Waals surface area contributed by atoms with E-state index in [9.17, 15) is 4.79 Å². The Morgan fingerprint density at radius 3 is 2.63 bits per heavy atom. The van der Waals surface area contributed by atoms with Gasteiger partial charge in [-0.25, -0.2) is 0 Å². The number of anilines is 1. The quantitative estimate of drug-likeness (QED) is 0.819. The number of nitrogens with zero attached hydrogens (tertiary/aromatic N) is 1. The first-order chi connectivity index (χ1) is 13.3. The lowest BCUT2D eigenvalue weighted by Gasteiger charge is -2.25. The second-order valence-corrected chi connectivity index (χ2v) is 6.86. The average molecular weight is 364 g/mol. The summed E-state index contributed by atoms with van der Waals surface area (Å²) in [5.74, 6) is 1.55. The zero-order valence-electron chi connectivity index (χ0n) is 15.3. The van der Waals surface area contributed by atoms with Crippen molar-refractivity contribution in [3.05, 3.63) is 60.2 Å². The molecule has 0 atom stereocenters. The molecule has 1 aliphatic carbocycles. The maximum Gasteiger partial charge on any atom is 0.239 e. The Balaban J connectivity index is 1.49. The summed E-state index contributed by atoms with van der Waals surface area (Å²) < 4.78 is 11.3. The monoisotopic (exact) mass is 364 g/mol. The molecule has 1 amide bonds. The lowest BCUT2D eigenvalue weighted by Crippen LogP contribution is -2.38. The molecular formula is C22H24N2O3. The van der Waals surface area contributed by atoms with E-state index in [1.165, 1.54) is 0 Å². The fourth-order valence-corrected chi connectivity index (χ4v) is 3.04. The molecule has 1 aliphatic heterocycles. The lowest BCUT2D eigenvalue weighted by molar-refractivity contribution is -0.119. The number of hydrogen-bond donors (Lipinski definition) is 1. The van der Waals surface area contributed by atoms with Crippen LogP contribution in [0.3, 0.4) is 0 Å². The van der Waals surface area contributed by atoms with Gasteiger partial charge in [0.05, 0.1) is 6.54 Å². The van der Waals surface area contributed by atoms with Gasteiger partial charge in [0.15, 0.2) is 11.5 Å². The largest absolute Gasteiger partial charge is 0.486 e. The van der Waals surface area contributed by atoms with Crippen LogP contribution in [0.2, 0.25) is 0 Å². The second kappa shape index (κ2) is 8.16. The highest BCUT2D eigenvalue weighted by Gasteiger charge is 2.24. The van der Waals surface area contributed by atoms with Crippen molar-refractivity contribution in [2.24, 2.45) is 0 Å². The Hall–Kier alpha value is -2.95. The molecule has 1 fully saturated rings. The minimum atomic E-state index is 0.0560. The van der Waals surface area contributed by atoms with Gasteiger partial charge in [0, 0.05) is 24.3 Å².